The Morgan fingerprint density at radius 2 is 1.22 bits per heavy atom. The lowest BCUT2D eigenvalue weighted by molar-refractivity contribution is -0.168. The van der Waals surface area contributed by atoms with Gasteiger partial charge >= 0.3 is 23.9 Å². The first kappa shape index (κ1) is 24.0. The minimum absolute atomic E-state index is 0.0905. The SMILES string of the molecule is CC(C)(C)OC(=O)C12C(=O)OCC1C2c1ccccc1.O=C(O)C12C(=O)OCC1C2c1ccccc1. The third-order valence-corrected chi connectivity index (χ3v) is 7.61. The zero-order chi connectivity index (χ0) is 25.9. The molecule has 0 radical (unpaired) electrons. The Morgan fingerprint density at radius 1 is 0.806 bits per heavy atom. The van der Waals surface area contributed by atoms with E-state index in [1.807, 2.05) is 60.7 Å². The number of carbonyl (C=O) groups is 4. The second-order valence-corrected chi connectivity index (χ2v) is 10.7. The highest BCUT2D eigenvalue weighted by molar-refractivity contribution is 6.08. The molecule has 2 saturated carbocycles. The normalized spacial score (nSPS) is 33.2. The number of carboxylic acid groups (broad SMARTS) is 1. The number of carbonyl (C=O) groups excluding carboxylic acids is 3. The molecule has 6 atom stereocenters. The van der Waals surface area contributed by atoms with Crippen molar-refractivity contribution in [1.82, 2.24) is 0 Å². The molecular formula is C28H28O8. The summed E-state index contributed by atoms with van der Waals surface area (Å²) >= 11 is 0. The molecule has 0 spiro atoms. The van der Waals surface area contributed by atoms with Gasteiger partial charge < -0.3 is 19.3 Å². The standard InChI is InChI=1S/C16H18O4.C12H10O4/c1-15(2,3)20-14(18)16-11(9-19-13(16)17)12(16)10-7-5-4-6-8-10;13-10(14)12-8(6-16-11(12)15)9(12)7-4-2-1-3-5-7/h4-8,11-12H,9H2,1-3H3;1-5,8-9H,6H2,(H,13,14). The number of rotatable bonds is 4. The van der Waals surface area contributed by atoms with Crippen molar-refractivity contribution in [3.63, 3.8) is 0 Å². The number of aliphatic carboxylic acids is 1. The number of carboxylic acids is 1. The van der Waals surface area contributed by atoms with E-state index in [0.717, 1.165) is 11.1 Å². The summed E-state index contributed by atoms with van der Waals surface area (Å²) in [5.41, 5.74) is -1.12. The van der Waals surface area contributed by atoms with Crippen LogP contribution in [0.4, 0.5) is 0 Å². The number of cyclic esters (lactones) is 2. The van der Waals surface area contributed by atoms with Crippen molar-refractivity contribution in [2.24, 2.45) is 22.7 Å². The van der Waals surface area contributed by atoms with Crippen molar-refractivity contribution < 1.29 is 38.5 Å². The van der Waals surface area contributed by atoms with E-state index in [-0.39, 0.29) is 30.3 Å². The summed E-state index contributed by atoms with van der Waals surface area (Å²) in [5, 5.41) is 9.22. The molecule has 2 aliphatic carbocycles. The Bertz CT molecular complexity index is 1220. The van der Waals surface area contributed by atoms with Gasteiger partial charge in [0.25, 0.3) is 0 Å². The summed E-state index contributed by atoms with van der Waals surface area (Å²) in [4.78, 5) is 47.4. The van der Waals surface area contributed by atoms with Crippen LogP contribution < -0.4 is 0 Å². The van der Waals surface area contributed by atoms with E-state index in [9.17, 15) is 24.3 Å². The predicted octanol–water partition coefficient (Wildman–Crippen LogP) is 3.31. The minimum atomic E-state index is -1.30. The van der Waals surface area contributed by atoms with Crippen molar-refractivity contribution in [2.75, 3.05) is 13.2 Å². The van der Waals surface area contributed by atoms with Crippen LogP contribution in [0.5, 0.6) is 0 Å². The molecule has 2 aromatic carbocycles. The minimum Gasteiger partial charge on any atom is -0.480 e. The molecule has 36 heavy (non-hydrogen) atoms. The summed E-state index contributed by atoms with van der Waals surface area (Å²) in [6, 6.07) is 18.9. The molecule has 188 valence electrons. The number of hydrogen-bond donors (Lipinski definition) is 1. The van der Waals surface area contributed by atoms with Crippen molar-refractivity contribution >= 4 is 23.9 Å². The largest absolute Gasteiger partial charge is 0.480 e. The van der Waals surface area contributed by atoms with Gasteiger partial charge in [0.1, 0.15) is 5.60 Å². The molecule has 6 unspecified atom stereocenters. The summed E-state index contributed by atoms with van der Waals surface area (Å²) < 4.78 is 15.3. The number of ether oxygens (including phenoxy) is 3. The first-order valence-electron chi connectivity index (χ1n) is 12.0. The number of hydrogen-bond acceptors (Lipinski definition) is 7. The van der Waals surface area contributed by atoms with E-state index in [1.165, 1.54) is 0 Å². The number of esters is 3. The zero-order valence-corrected chi connectivity index (χ0v) is 20.3. The van der Waals surface area contributed by atoms with Gasteiger partial charge in [0.2, 0.25) is 0 Å². The first-order valence-corrected chi connectivity index (χ1v) is 12.0. The molecule has 6 rings (SSSR count). The van der Waals surface area contributed by atoms with Gasteiger partial charge in [0, 0.05) is 23.7 Å². The van der Waals surface area contributed by atoms with Crippen molar-refractivity contribution in [3.8, 4) is 0 Å². The van der Waals surface area contributed by atoms with Crippen LogP contribution in [0.1, 0.15) is 43.7 Å². The van der Waals surface area contributed by atoms with Gasteiger partial charge in [0.05, 0.1) is 13.2 Å². The first-order chi connectivity index (χ1) is 17.1. The van der Waals surface area contributed by atoms with Crippen molar-refractivity contribution in [3.05, 3.63) is 71.8 Å². The Hall–Kier alpha value is -3.68. The van der Waals surface area contributed by atoms with Gasteiger partial charge in [-0.1, -0.05) is 60.7 Å². The lowest BCUT2D eigenvalue weighted by Crippen LogP contribution is -2.35. The Kier molecular flexibility index (Phi) is 5.46. The molecule has 0 bridgehead atoms. The van der Waals surface area contributed by atoms with Crippen LogP contribution in [-0.2, 0) is 33.4 Å². The average Bonchev–Trinajstić information content (AvgIpc) is 3.63. The number of fused-ring (bicyclic) bond motifs is 2. The molecule has 0 aromatic heterocycles. The van der Waals surface area contributed by atoms with E-state index in [0.29, 0.717) is 6.61 Å². The Balaban J connectivity index is 0.000000152. The van der Waals surface area contributed by atoms with Crippen LogP contribution in [0.3, 0.4) is 0 Å². The molecule has 1 N–H and O–H groups in total. The van der Waals surface area contributed by atoms with Gasteiger partial charge in [0.15, 0.2) is 10.8 Å². The molecule has 8 nitrogen and oxygen atoms in total. The van der Waals surface area contributed by atoms with Gasteiger partial charge in [-0.2, -0.15) is 0 Å². The Labute approximate surface area is 208 Å². The number of benzene rings is 2. The third-order valence-electron chi connectivity index (χ3n) is 7.61. The highest BCUT2D eigenvalue weighted by atomic mass is 16.6. The highest BCUT2D eigenvalue weighted by Crippen LogP contribution is 2.70. The second-order valence-electron chi connectivity index (χ2n) is 10.7. The summed E-state index contributed by atoms with van der Waals surface area (Å²) in [6.45, 7) is 5.94. The van der Waals surface area contributed by atoms with Crippen molar-refractivity contribution in [1.29, 1.82) is 0 Å². The fourth-order valence-corrected chi connectivity index (χ4v) is 5.92. The summed E-state index contributed by atoms with van der Waals surface area (Å²) in [6.07, 6.45) is 0. The zero-order valence-electron chi connectivity index (χ0n) is 20.3. The van der Waals surface area contributed by atoms with Crippen LogP contribution >= 0.6 is 0 Å². The topological polar surface area (TPSA) is 116 Å². The van der Waals surface area contributed by atoms with Crippen LogP contribution in [0.2, 0.25) is 0 Å². The van der Waals surface area contributed by atoms with E-state index in [4.69, 9.17) is 14.2 Å². The van der Waals surface area contributed by atoms with Crippen molar-refractivity contribution in [2.45, 2.75) is 38.2 Å². The van der Waals surface area contributed by atoms with Crippen LogP contribution in [0.25, 0.3) is 0 Å². The fraction of sp³-hybridized carbons (Fsp3) is 0.429. The fourth-order valence-electron chi connectivity index (χ4n) is 5.92. The van der Waals surface area contributed by atoms with E-state index in [2.05, 4.69) is 0 Å². The van der Waals surface area contributed by atoms with E-state index in [1.54, 1.807) is 20.8 Å². The second kappa shape index (κ2) is 8.18. The van der Waals surface area contributed by atoms with Crippen LogP contribution in [0.15, 0.2) is 60.7 Å². The highest BCUT2D eigenvalue weighted by Gasteiger charge is 2.81. The smallest absolute Gasteiger partial charge is 0.325 e. The molecule has 4 aliphatic rings. The van der Waals surface area contributed by atoms with Crippen LogP contribution in [0, 0.1) is 22.7 Å². The lowest BCUT2D eigenvalue weighted by atomic mass is 9.99. The average molecular weight is 493 g/mol. The molecule has 0 amide bonds. The van der Waals surface area contributed by atoms with Gasteiger partial charge in [-0.25, -0.2) is 0 Å². The third kappa shape index (κ3) is 3.42. The molecule has 2 aromatic rings. The quantitative estimate of drug-likeness (QED) is 0.393. The van der Waals surface area contributed by atoms with Gasteiger partial charge in [-0.3, -0.25) is 19.2 Å². The molecule has 2 heterocycles. The molecule has 2 aliphatic heterocycles. The molecular weight excluding hydrogens is 464 g/mol. The molecule has 8 heteroatoms. The molecule has 2 saturated heterocycles. The van der Waals surface area contributed by atoms with Crippen LogP contribution in [-0.4, -0.2) is 47.8 Å². The van der Waals surface area contributed by atoms with E-state index < -0.39 is 40.3 Å². The van der Waals surface area contributed by atoms with E-state index >= 15 is 0 Å². The van der Waals surface area contributed by atoms with Gasteiger partial charge in [-0.15, -0.1) is 0 Å². The van der Waals surface area contributed by atoms with Gasteiger partial charge in [-0.05, 0) is 31.9 Å². The monoisotopic (exact) mass is 492 g/mol. The molecule has 4 fully saturated rings. The maximum atomic E-state index is 12.5. The Morgan fingerprint density at radius 3 is 1.64 bits per heavy atom. The lowest BCUT2D eigenvalue weighted by Gasteiger charge is -2.22. The summed E-state index contributed by atoms with van der Waals surface area (Å²) in [7, 11) is 0. The predicted molar refractivity (Wildman–Crippen MR) is 126 cm³/mol. The maximum Gasteiger partial charge on any atom is 0.325 e. The maximum absolute atomic E-state index is 12.5. The summed E-state index contributed by atoms with van der Waals surface area (Å²) in [5.74, 6) is -3.15.